The summed E-state index contributed by atoms with van der Waals surface area (Å²) in [4.78, 5) is 0. The molecule has 20 heavy (non-hydrogen) atoms. The molecule has 1 aromatic heterocycles. The van der Waals surface area contributed by atoms with E-state index in [1.165, 1.54) is 19.3 Å². The molecule has 3 aliphatic rings. The van der Waals surface area contributed by atoms with Gasteiger partial charge in [-0.2, -0.15) is 4.57 Å². The van der Waals surface area contributed by atoms with Crippen LogP contribution in [0.25, 0.3) is 5.69 Å². The third-order valence-electron chi connectivity index (χ3n) is 4.90. The molecule has 0 spiro atoms. The predicted molar refractivity (Wildman–Crippen MR) is 77.1 cm³/mol. The molecule has 1 heterocycles. The number of imidazole rings is 1. The normalized spacial score (nSPS) is 30.5. The molecule has 3 fully saturated rings. The summed E-state index contributed by atoms with van der Waals surface area (Å²) in [7, 11) is 0. The molecule has 0 unspecified atom stereocenters. The Morgan fingerprint density at radius 2 is 2.00 bits per heavy atom. The average molecular weight is 269 g/mol. The van der Waals surface area contributed by atoms with Crippen LogP contribution in [0.2, 0.25) is 0 Å². The van der Waals surface area contributed by atoms with Gasteiger partial charge in [0.1, 0.15) is 17.9 Å². The first-order valence-corrected chi connectivity index (χ1v) is 7.46. The van der Waals surface area contributed by atoms with Gasteiger partial charge in [0.25, 0.3) is 0 Å². The van der Waals surface area contributed by atoms with Crippen LogP contribution >= 0.6 is 0 Å². The summed E-state index contributed by atoms with van der Waals surface area (Å²) in [6.45, 7) is 5.12. The Hall–Kier alpha value is -1.77. The smallest absolute Gasteiger partial charge is 0.249 e. The number of nitrogens with zero attached hydrogens (tertiary/aromatic N) is 2. The molecule has 3 heteroatoms. The largest absolute Gasteiger partial charge is 0.489 e. The van der Waals surface area contributed by atoms with E-state index in [-0.39, 0.29) is 0 Å². The van der Waals surface area contributed by atoms with Gasteiger partial charge < -0.3 is 4.74 Å². The maximum atomic E-state index is 5.72. The van der Waals surface area contributed by atoms with Crippen LogP contribution in [0.3, 0.4) is 0 Å². The third kappa shape index (κ3) is 1.55. The fourth-order valence-corrected chi connectivity index (χ4v) is 4.23. The molecule has 0 aliphatic heterocycles. The molecule has 3 saturated carbocycles. The number of benzene rings is 1. The minimum Gasteiger partial charge on any atom is -0.489 e. The summed E-state index contributed by atoms with van der Waals surface area (Å²) in [6, 6.07) is 8.22. The van der Waals surface area contributed by atoms with Crippen molar-refractivity contribution in [3.8, 4) is 11.4 Å². The van der Waals surface area contributed by atoms with Crippen LogP contribution < -0.4 is 9.30 Å². The van der Waals surface area contributed by atoms with Gasteiger partial charge >= 0.3 is 0 Å². The van der Waals surface area contributed by atoms with Gasteiger partial charge in [0.2, 0.25) is 6.33 Å². The molecule has 2 bridgehead atoms. The molecule has 1 aromatic carbocycles. The number of hydrogen-bond acceptors (Lipinski definition) is 1. The summed E-state index contributed by atoms with van der Waals surface area (Å²) in [6.07, 6.45) is 10.6. The zero-order chi connectivity index (χ0) is 13.8. The molecular weight excluding hydrogens is 248 g/mol. The fourth-order valence-electron chi connectivity index (χ4n) is 4.23. The Morgan fingerprint density at radius 1 is 1.25 bits per heavy atom. The summed E-state index contributed by atoms with van der Waals surface area (Å²) in [5.41, 5.74) is 2.17. The van der Waals surface area contributed by atoms with E-state index in [4.69, 9.17) is 4.74 Å². The molecule has 104 valence electrons. The summed E-state index contributed by atoms with van der Waals surface area (Å²) in [5, 5.41) is 0. The van der Waals surface area contributed by atoms with E-state index in [0.29, 0.717) is 17.6 Å². The van der Waals surface area contributed by atoms with Crippen LogP contribution in [-0.4, -0.2) is 11.2 Å². The molecule has 5 rings (SSSR count). The van der Waals surface area contributed by atoms with E-state index < -0.39 is 0 Å². The van der Waals surface area contributed by atoms with E-state index in [1.807, 2.05) is 19.1 Å². The predicted octanol–water partition coefficient (Wildman–Crippen LogP) is 3.06. The molecule has 0 saturated heterocycles. The minimum atomic E-state index is 0.417. The van der Waals surface area contributed by atoms with Crippen LogP contribution in [0.15, 0.2) is 43.0 Å². The Morgan fingerprint density at radius 3 is 2.70 bits per heavy atom. The van der Waals surface area contributed by atoms with Crippen molar-refractivity contribution in [2.75, 3.05) is 6.61 Å². The maximum Gasteiger partial charge on any atom is 0.249 e. The van der Waals surface area contributed by atoms with Crippen molar-refractivity contribution in [3.05, 3.63) is 43.0 Å². The molecule has 3 aliphatic carbocycles. The molecule has 3 nitrogen and oxygen atoms in total. The van der Waals surface area contributed by atoms with Crippen molar-refractivity contribution in [1.82, 2.24) is 4.57 Å². The van der Waals surface area contributed by atoms with Gasteiger partial charge in [-0.05, 0) is 43.7 Å². The molecule has 0 N–H and O–H groups in total. The first-order valence-electron chi connectivity index (χ1n) is 7.46. The molecule has 0 atom stereocenters. The molecule has 0 amide bonds. The van der Waals surface area contributed by atoms with Crippen molar-refractivity contribution in [2.45, 2.75) is 38.6 Å². The fraction of sp³-hybridized carbons (Fsp3) is 0.471. The lowest BCUT2D eigenvalue weighted by molar-refractivity contribution is -0.812. The Bertz CT molecular complexity index is 639. The number of para-hydroxylation sites is 2. The lowest BCUT2D eigenvalue weighted by Crippen LogP contribution is -2.76. The van der Waals surface area contributed by atoms with Gasteiger partial charge in [-0.3, -0.25) is 0 Å². The first kappa shape index (κ1) is 12.0. The zero-order valence-corrected chi connectivity index (χ0v) is 12.2. The van der Waals surface area contributed by atoms with Crippen LogP contribution in [0.5, 0.6) is 5.75 Å². The monoisotopic (exact) mass is 269 g/mol. The number of ether oxygens (including phenoxy) is 1. The Kier molecular flexibility index (Phi) is 2.33. The van der Waals surface area contributed by atoms with Gasteiger partial charge in [-0.25, -0.2) is 4.57 Å². The zero-order valence-electron chi connectivity index (χ0n) is 12.2. The van der Waals surface area contributed by atoms with Crippen molar-refractivity contribution in [2.24, 2.45) is 5.41 Å². The second-order valence-electron chi connectivity index (χ2n) is 6.69. The second kappa shape index (κ2) is 3.87. The van der Waals surface area contributed by atoms with Gasteiger partial charge in [0, 0.05) is 0 Å². The summed E-state index contributed by atoms with van der Waals surface area (Å²) < 4.78 is 10.3. The maximum absolute atomic E-state index is 5.72. The number of aromatic nitrogens is 2. The van der Waals surface area contributed by atoms with E-state index in [9.17, 15) is 0 Å². The van der Waals surface area contributed by atoms with Crippen molar-refractivity contribution < 1.29 is 9.30 Å². The molecule has 2 aromatic rings. The lowest BCUT2D eigenvalue weighted by Gasteiger charge is -2.66. The lowest BCUT2D eigenvalue weighted by atomic mass is 9.40. The van der Waals surface area contributed by atoms with E-state index >= 15 is 0 Å². The molecule has 0 radical (unpaired) electrons. The SMILES string of the molecule is CCOc1ccccc1-n1cc[n+](C23CC(C)(C2)C3)c1. The van der Waals surface area contributed by atoms with E-state index in [2.05, 4.69) is 46.9 Å². The third-order valence-corrected chi connectivity index (χ3v) is 4.90. The first-order chi connectivity index (χ1) is 9.64. The summed E-state index contributed by atoms with van der Waals surface area (Å²) >= 11 is 0. The highest BCUT2D eigenvalue weighted by atomic mass is 16.5. The quantitative estimate of drug-likeness (QED) is 0.780. The van der Waals surface area contributed by atoms with Crippen LogP contribution in [0.4, 0.5) is 0 Å². The van der Waals surface area contributed by atoms with E-state index in [1.54, 1.807) is 0 Å². The Balaban J connectivity index is 1.66. The highest BCUT2D eigenvalue weighted by Crippen LogP contribution is 2.68. The highest BCUT2D eigenvalue weighted by molar-refractivity contribution is 5.46. The number of hydrogen-bond donors (Lipinski definition) is 0. The van der Waals surface area contributed by atoms with Gasteiger partial charge in [-0.1, -0.05) is 19.1 Å². The summed E-state index contributed by atoms with van der Waals surface area (Å²) in [5.74, 6) is 0.947. The molecular formula is C17H21N2O+. The highest BCUT2D eigenvalue weighted by Gasteiger charge is 2.69. The topological polar surface area (TPSA) is 18.0 Å². The van der Waals surface area contributed by atoms with Gasteiger partial charge in [-0.15, -0.1) is 0 Å². The Labute approximate surface area is 119 Å². The standard InChI is InChI=1S/C17H21N2O/c1-3-20-15-7-5-4-6-14(15)18-8-9-19(13-18)17-10-16(2,11-17)12-17/h4-9,13H,3,10-12H2,1-2H3/q+1. The van der Waals surface area contributed by atoms with Crippen LogP contribution in [0.1, 0.15) is 33.1 Å². The number of rotatable bonds is 4. The van der Waals surface area contributed by atoms with Crippen molar-refractivity contribution in [3.63, 3.8) is 0 Å². The van der Waals surface area contributed by atoms with Gasteiger partial charge in [0.05, 0.1) is 6.61 Å². The van der Waals surface area contributed by atoms with E-state index in [0.717, 1.165) is 11.4 Å². The van der Waals surface area contributed by atoms with Crippen LogP contribution in [-0.2, 0) is 5.54 Å². The minimum absolute atomic E-state index is 0.417. The van der Waals surface area contributed by atoms with Crippen molar-refractivity contribution >= 4 is 0 Å². The van der Waals surface area contributed by atoms with Crippen LogP contribution in [0, 0.1) is 5.41 Å². The van der Waals surface area contributed by atoms with Crippen molar-refractivity contribution in [1.29, 1.82) is 0 Å². The van der Waals surface area contributed by atoms with Gasteiger partial charge in [0.15, 0.2) is 11.4 Å². The average Bonchev–Trinajstić information content (AvgIpc) is 2.84. The second-order valence-corrected chi connectivity index (χ2v) is 6.69.